The molecular formula is C14H19NO3. The van der Waals surface area contributed by atoms with Crippen LogP contribution in [0.4, 0.5) is 4.79 Å². The van der Waals surface area contributed by atoms with E-state index in [1.54, 1.807) is 19.1 Å². The molecule has 1 amide bonds. The number of nitrogens with zero attached hydrogens (tertiary/aromatic N) is 1. The Kier molecular flexibility index (Phi) is 2.97. The molecule has 1 aromatic carbocycles. The molecule has 1 fully saturated rings. The Morgan fingerprint density at radius 3 is 2.50 bits per heavy atom. The van der Waals surface area contributed by atoms with E-state index in [0.29, 0.717) is 6.54 Å². The van der Waals surface area contributed by atoms with Crippen molar-refractivity contribution < 1.29 is 14.3 Å². The molecule has 1 aromatic rings. The molecule has 1 saturated heterocycles. The molecule has 2 rings (SSSR count). The summed E-state index contributed by atoms with van der Waals surface area (Å²) in [7, 11) is 3.41. The average molecular weight is 249 g/mol. The number of rotatable bonds is 2. The Morgan fingerprint density at radius 2 is 2.00 bits per heavy atom. The van der Waals surface area contributed by atoms with Gasteiger partial charge in [0.15, 0.2) is 5.60 Å². The molecule has 1 atom stereocenters. The molecule has 4 nitrogen and oxygen atoms in total. The molecule has 4 heteroatoms. The fourth-order valence-corrected chi connectivity index (χ4v) is 2.54. The topological polar surface area (TPSA) is 38.8 Å². The monoisotopic (exact) mass is 249 g/mol. The molecule has 0 aliphatic carbocycles. The van der Waals surface area contributed by atoms with Crippen LogP contribution in [-0.2, 0) is 10.3 Å². The van der Waals surface area contributed by atoms with Crippen molar-refractivity contribution in [3.63, 3.8) is 0 Å². The summed E-state index contributed by atoms with van der Waals surface area (Å²) in [5.41, 5.74) is 2.58. The first-order chi connectivity index (χ1) is 8.37. The number of carbonyl (C=O) groups is 1. The van der Waals surface area contributed by atoms with Crippen molar-refractivity contribution in [3.8, 4) is 5.75 Å². The second kappa shape index (κ2) is 4.19. The van der Waals surface area contributed by atoms with E-state index in [-0.39, 0.29) is 6.09 Å². The summed E-state index contributed by atoms with van der Waals surface area (Å²) < 4.78 is 10.8. The molecule has 0 aromatic heterocycles. The Balaban J connectivity index is 2.46. The summed E-state index contributed by atoms with van der Waals surface area (Å²) in [6.07, 6.45) is -0.273. The lowest BCUT2D eigenvalue weighted by atomic mass is 9.90. The molecule has 18 heavy (non-hydrogen) atoms. The fraction of sp³-hybridized carbons (Fsp3) is 0.500. The Labute approximate surface area is 107 Å². The van der Waals surface area contributed by atoms with Gasteiger partial charge in [0, 0.05) is 12.6 Å². The molecule has 98 valence electrons. The summed E-state index contributed by atoms with van der Waals surface area (Å²) in [4.78, 5) is 13.2. The number of cyclic esters (lactones) is 1. The number of hydrogen-bond acceptors (Lipinski definition) is 3. The smallest absolute Gasteiger partial charge is 0.410 e. The van der Waals surface area contributed by atoms with Crippen LogP contribution in [0.3, 0.4) is 0 Å². The van der Waals surface area contributed by atoms with Gasteiger partial charge in [0.2, 0.25) is 0 Å². The van der Waals surface area contributed by atoms with Gasteiger partial charge in [-0.15, -0.1) is 0 Å². The van der Waals surface area contributed by atoms with E-state index in [1.807, 2.05) is 32.9 Å². The van der Waals surface area contributed by atoms with Gasteiger partial charge < -0.3 is 14.4 Å². The van der Waals surface area contributed by atoms with E-state index in [0.717, 1.165) is 22.4 Å². The lowest BCUT2D eigenvalue weighted by Crippen LogP contribution is -2.28. The van der Waals surface area contributed by atoms with Crippen molar-refractivity contribution in [2.45, 2.75) is 26.4 Å². The van der Waals surface area contributed by atoms with Crippen LogP contribution in [0.5, 0.6) is 5.75 Å². The van der Waals surface area contributed by atoms with Crippen LogP contribution in [0, 0.1) is 13.8 Å². The maximum atomic E-state index is 11.6. The van der Waals surface area contributed by atoms with Gasteiger partial charge >= 0.3 is 6.09 Å². The molecule has 0 spiro atoms. The lowest BCUT2D eigenvalue weighted by molar-refractivity contribution is 0.0696. The van der Waals surface area contributed by atoms with Gasteiger partial charge in [0.05, 0.1) is 13.7 Å². The van der Waals surface area contributed by atoms with Crippen molar-refractivity contribution in [1.29, 1.82) is 0 Å². The van der Waals surface area contributed by atoms with Crippen LogP contribution in [0.25, 0.3) is 0 Å². The number of hydrogen-bond donors (Lipinski definition) is 0. The van der Waals surface area contributed by atoms with Crippen molar-refractivity contribution in [1.82, 2.24) is 4.90 Å². The first-order valence-corrected chi connectivity index (χ1v) is 5.97. The minimum Gasteiger partial charge on any atom is -0.496 e. The zero-order valence-electron chi connectivity index (χ0n) is 11.5. The van der Waals surface area contributed by atoms with Gasteiger partial charge in [0.1, 0.15) is 5.75 Å². The first-order valence-electron chi connectivity index (χ1n) is 5.97. The minimum absolute atomic E-state index is 0.273. The standard InChI is InChI=1S/C14H19NO3/c1-9-7-12(17-5)10(2)6-11(9)14(3)8-15(4)13(16)18-14/h6-7H,8H2,1-5H3. The van der Waals surface area contributed by atoms with Crippen molar-refractivity contribution >= 4 is 6.09 Å². The van der Waals surface area contributed by atoms with Crippen LogP contribution in [0.2, 0.25) is 0 Å². The van der Waals surface area contributed by atoms with Crippen LogP contribution < -0.4 is 4.74 Å². The first kappa shape index (κ1) is 12.7. The predicted molar refractivity (Wildman–Crippen MR) is 68.9 cm³/mol. The fourth-order valence-electron chi connectivity index (χ4n) is 2.54. The van der Waals surface area contributed by atoms with Gasteiger partial charge in [-0.1, -0.05) is 0 Å². The molecule has 1 aliphatic rings. The maximum Gasteiger partial charge on any atom is 0.410 e. The highest BCUT2D eigenvalue weighted by molar-refractivity contribution is 5.71. The zero-order chi connectivity index (χ0) is 13.5. The normalized spacial score (nSPS) is 23.2. The average Bonchev–Trinajstić information content (AvgIpc) is 2.56. The van der Waals surface area contributed by atoms with E-state index in [1.165, 1.54) is 0 Å². The third-order valence-electron chi connectivity index (χ3n) is 3.47. The third-order valence-corrected chi connectivity index (χ3v) is 3.47. The SMILES string of the molecule is COc1cc(C)c(C2(C)CN(C)C(=O)O2)cc1C. The molecule has 1 heterocycles. The number of carbonyl (C=O) groups excluding carboxylic acids is 1. The van der Waals surface area contributed by atoms with E-state index >= 15 is 0 Å². The number of benzene rings is 1. The Bertz CT molecular complexity index is 498. The molecule has 0 N–H and O–H groups in total. The van der Waals surface area contributed by atoms with Gasteiger partial charge in [-0.05, 0) is 44.0 Å². The van der Waals surface area contributed by atoms with E-state index < -0.39 is 5.60 Å². The van der Waals surface area contributed by atoms with Crippen LogP contribution in [-0.4, -0.2) is 31.7 Å². The second-order valence-corrected chi connectivity index (χ2v) is 5.09. The van der Waals surface area contributed by atoms with Gasteiger partial charge in [0.25, 0.3) is 0 Å². The van der Waals surface area contributed by atoms with Crippen molar-refractivity contribution in [2.24, 2.45) is 0 Å². The summed E-state index contributed by atoms with van der Waals surface area (Å²) in [6, 6.07) is 4.03. The van der Waals surface area contributed by atoms with Gasteiger partial charge in [-0.2, -0.15) is 0 Å². The number of aryl methyl sites for hydroxylation is 2. The van der Waals surface area contributed by atoms with E-state index in [2.05, 4.69) is 0 Å². The Hall–Kier alpha value is -1.71. The third kappa shape index (κ3) is 1.92. The maximum absolute atomic E-state index is 11.6. The molecule has 1 aliphatic heterocycles. The number of amides is 1. The van der Waals surface area contributed by atoms with Crippen molar-refractivity contribution in [2.75, 3.05) is 20.7 Å². The van der Waals surface area contributed by atoms with Gasteiger partial charge in [-0.25, -0.2) is 4.79 Å². The number of likely N-dealkylation sites (N-methyl/N-ethyl adjacent to an activating group) is 1. The highest BCUT2D eigenvalue weighted by Gasteiger charge is 2.42. The molecule has 0 saturated carbocycles. The van der Waals surface area contributed by atoms with Gasteiger partial charge in [-0.3, -0.25) is 0 Å². The summed E-state index contributed by atoms with van der Waals surface area (Å²) >= 11 is 0. The number of methoxy groups -OCH3 is 1. The van der Waals surface area contributed by atoms with Crippen LogP contribution in [0.1, 0.15) is 23.6 Å². The zero-order valence-corrected chi connectivity index (χ0v) is 11.5. The predicted octanol–water partition coefficient (Wildman–Crippen LogP) is 2.61. The summed E-state index contributed by atoms with van der Waals surface area (Å²) in [6.45, 7) is 6.52. The highest BCUT2D eigenvalue weighted by Crippen LogP contribution is 2.36. The molecule has 1 unspecified atom stereocenters. The van der Waals surface area contributed by atoms with E-state index in [4.69, 9.17) is 9.47 Å². The van der Waals surface area contributed by atoms with Crippen molar-refractivity contribution in [3.05, 3.63) is 28.8 Å². The Morgan fingerprint density at radius 1 is 1.33 bits per heavy atom. The molecular weight excluding hydrogens is 230 g/mol. The summed E-state index contributed by atoms with van der Waals surface area (Å²) in [5.74, 6) is 0.859. The lowest BCUT2D eigenvalue weighted by Gasteiger charge is -2.25. The van der Waals surface area contributed by atoms with E-state index in [9.17, 15) is 4.79 Å². The second-order valence-electron chi connectivity index (χ2n) is 5.09. The molecule has 0 radical (unpaired) electrons. The number of ether oxygens (including phenoxy) is 2. The van der Waals surface area contributed by atoms with Crippen LogP contribution >= 0.6 is 0 Å². The highest BCUT2D eigenvalue weighted by atomic mass is 16.6. The largest absolute Gasteiger partial charge is 0.496 e. The minimum atomic E-state index is -0.576. The van der Waals surface area contributed by atoms with Crippen LogP contribution in [0.15, 0.2) is 12.1 Å². The quantitative estimate of drug-likeness (QED) is 0.808. The summed E-state index contributed by atoms with van der Waals surface area (Å²) in [5, 5.41) is 0. The molecule has 0 bridgehead atoms.